The van der Waals surface area contributed by atoms with Crippen molar-refractivity contribution in [1.82, 2.24) is 0 Å². The van der Waals surface area contributed by atoms with Gasteiger partial charge >= 0.3 is 0 Å². The summed E-state index contributed by atoms with van der Waals surface area (Å²) in [6.07, 6.45) is 0. The van der Waals surface area contributed by atoms with Gasteiger partial charge in [0.15, 0.2) is 0 Å². The van der Waals surface area contributed by atoms with Crippen molar-refractivity contribution in [2.45, 2.75) is 117 Å². The Bertz CT molecular complexity index is 919. The van der Waals surface area contributed by atoms with E-state index >= 15 is 0 Å². The highest BCUT2D eigenvalue weighted by Crippen LogP contribution is 2.50. The van der Waals surface area contributed by atoms with E-state index in [2.05, 4.69) is 143 Å². The molecule has 0 spiro atoms. The molecule has 0 saturated carbocycles. The molecule has 0 aliphatic carbocycles. The zero-order chi connectivity index (χ0) is 27.7. The third-order valence-electron chi connectivity index (χ3n) is 7.19. The predicted molar refractivity (Wildman–Crippen MR) is 181 cm³/mol. The third kappa shape index (κ3) is 7.34. The molecule has 0 aromatic heterocycles. The number of hydrogen-bond acceptors (Lipinski definition) is 1. The van der Waals surface area contributed by atoms with E-state index in [4.69, 9.17) is 0 Å². The molecule has 0 atom stereocenters. The van der Waals surface area contributed by atoms with Gasteiger partial charge in [0, 0.05) is 18.4 Å². The van der Waals surface area contributed by atoms with Crippen molar-refractivity contribution in [2.75, 3.05) is 11.9 Å². The van der Waals surface area contributed by atoms with Gasteiger partial charge in [0.25, 0.3) is 0 Å². The molecule has 0 amide bonds. The van der Waals surface area contributed by atoms with Gasteiger partial charge in [-0.05, 0) is 45.4 Å². The van der Waals surface area contributed by atoms with E-state index in [0.29, 0.717) is 22.6 Å². The smallest absolute Gasteiger partial charge is 0.0776 e. The molecule has 2 aromatic rings. The Hall–Kier alpha value is -0.466. The molecule has 0 radical (unpaired) electrons. The fourth-order valence-electron chi connectivity index (χ4n) is 5.40. The van der Waals surface area contributed by atoms with Crippen LogP contribution in [0.1, 0.15) is 55.4 Å². The topological polar surface area (TPSA) is 3.24 Å². The normalized spacial score (nSPS) is 13.2. The van der Waals surface area contributed by atoms with E-state index in [-0.39, 0.29) is 15.8 Å². The van der Waals surface area contributed by atoms with Crippen molar-refractivity contribution < 1.29 is 0 Å². The fourth-order valence-corrected chi connectivity index (χ4v) is 14.1. The van der Waals surface area contributed by atoms with Gasteiger partial charge in [-0.3, -0.25) is 0 Å². The molecule has 0 saturated heterocycles. The van der Waals surface area contributed by atoms with Gasteiger partial charge in [0.2, 0.25) is 0 Å². The van der Waals surface area contributed by atoms with Gasteiger partial charge in [0.1, 0.15) is 0 Å². The van der Waals surface area contributed by atoms with Crippen LogP contribution in [0.3, 0.4) is 0 Å². The maximum absolute atomic E-state index is 2.62. The Kier molecular flexibility index (Phi) is 10.7. The molecule has 2 aromatic carbocycles. The summed E-state index contributed by atoms with van der Waals surface area (Å²) in [6.45, 7) is 34.3. The fraction of sp³-hybridized carbons (Fsp3) is 0.613. The van der Waals surface area contributed by atoms with Crippen LogP contribution in [0.25, 0.3) is 0 Å². The second kappa shape index (κ2) is 12.2. The van der Waals surface area contributed by atoms with Crippen molar-refractivity contribution in [2.24, 2.45) is 0 Å². The molecule has 202 valence electrons. The van der Waals surface area contributed by atoms with Crippen molar-refractivity contribution >= 4 is 64.3 Å². The standard InChI is InChI=1S/C31H55NP2Si2/c1-22(2)33(23(3)4)30-20-26(35(10,11)12)16-18-28(30)32(9)29-19-17-27(36(13,14)15)21-31(29)34(24(5)6)25(7)8/h16-25H,1-15H3. The van der Waals surface area contributed by atoms with E-state index in [1.807, 2.05) is 0 Å². The molecule has 0 aliphatic heterocycles. The van der Waals surface area contributed by atoms with Crippen molar-refractivity contribution in [3.8, 4) is 0 Å². The first-order chi connectivity index (χ1) is 16.4. The molecule has 36 heavy (non-hydrogen) atoms. The van der Waals surface area contributed by atoms with E-state index in [0.717, 1.165) is 0 Å². The van der Waals surface area contributed by atoms with Crippen molar-refractivity contribution in [3.63, 3.8) is 0 Å². The Labute approximate surface area is 229 Å². The van der Waals surface area contributed by atoms with Crippen LogP contribution >= 0.6 is 15.8 Å². The minimum atomic E-state index is -1.40. The molecule has 5 heteroatoms. The van der Waals surface area contributed by atoms with Crippen LogP contribution in [-0.2, 0) is 0 Å². The lowest BCUT2D eigenvalue weighted by Gasteiger charge is -2.36. The molecule has 0 heterocycles. The number of nitrogens with zero attached hydrogens (tertiary/aromatic N) is 1. The zero-order valence-corrected chi connectivity index (χ0v) is 29.9. The van der Waals surface area contributed by atoms with Gasteiger partial charge < -0.3 is 4.90 Å². The van der Waals surface area contributed by atoms with Crippen molar-refractivity contribution in [1.29, 1.82) is 0 Å². The molecular weight excluding hydrogens is 504 g/mol. The summed E-state index contributed by atoms with van der Waals surface area (Å²) in [7, 11) is -0.999. The average Bonchev–Trinajstić information content (AvgIpc) is 2.71. The highest BCUT2D eigenvalue weighted by molar-refractivity contribution is 7.67. The quantitative estimate of drug-likeness (QED) is 0.209. The van der Waals surface area contributed by atoms with E-state index in [9.17, 15) is 0 Å². The number of anilines is 2. The first kappa shape index (κ1) is 31.7. The number of benzene rings is 2. The Morgan fingerprint density at radius 1 is 0.528 bits per heavy atom. The highest BCUT2D eigenvalue weighted by Gasteiger charge is 2.30. The van der Waals surface area contributed by atoms with Gasteiger partial charge in [-0.15, -0.1) is 0 Å². The summed E-state index contributed by atoms with van der Waals surface area (Å²) in [6, 6.07) is 15.1. The lowest BCUT2D eigenvalue weighted by Crippen LogP contribution is -2.41. The SMILES string of the molecule is CC(C)P(c1cc([Si](C)(C)C)ccc1N(C)c1ccc([Si](C)(C)C)cc1P(C(C)C)C(C)C)C(C)C. The van der Waals surface area contributed by atoms with Crippen LogP contribution in [-0.4, -0.2) is 45.8 Å². The van der Waals surface area contributed by atoms with E-state index < -0.39 is 16.1 Å². The summed E-state index contributed by atoms with van der Waals surface area (Å²) >= 11 is 0. The molecular formula is C31H55NP2Si2. The molecule has 2 rings (SSSR count). The largest absolute Gasteiger partial charge is 0.344 e. The lowest BCUT2D eigenvalue weighted by atomic mass is 10.2. The summed E-state index contributed by atoms with van der Waals surface area (Å²) in [5.41, 5.74) is 5.52. The predicted octanol–water partition coefficient (Wildman–Crippen LogP) is 8.39. The monoisotopic (exact) mass is 559 g/mol. The Morgan fingerprint density at radius 3 is 1.03 bits per heavy atom. The van der Waals surface area contributed by atoms with Crippen LogP contribution in [0.5, 0.6) is 0 Å². The molecule has 0 unspecified atom stereocenters. The minimum Gasteiger partial charge on any atom is -0.344 e. The number of rotatable bonds is 10. The van der Waals surface area contributed by atoms with Gasteiger partial charge in [-0.25, -0.2) is 0 Å². The lowest BCUT2D eigenvalue weighted by molar-refractivity contribution is 1.02. The summed E-state index contributed by atoms with van der Waals surface area (Å²) in [5.74, 6) is 0. The summed E-state index contributed by atoms with van der Waals surface area (Å²) in [4.78, 5) is 2.56. The Balaban J connectivity index is 2.86. The molecule has 0 bridgehead atoms. The van der Waals surface area contributed by atoms with Crippen LogP contribution < -0.4 is 25.9 Å². The molecule has 1 nitrogen and oxygen atoms in total. The van der Waals surface area contributed by atoms with Crippen molar-refractivity contribution in [3.05, 3.63) is 36.4 Å². The van der Waals surface area contributed by atoms with Crippen LogP contribution in [0.15, 0.2) is 36.4 Å². The van der Waals surface area contributed by atoms with Crippen LogP contribution in [0, 0.1) is 0 Å². The third-order valence-corrected chi connectivity index (χ3v) is 17.6. The number of hydrogen-bond donors (Lipinski definition) is 0. The first-order valence-corrected chi connectivity index (χ1v) is 23.9. The second-order valence-corrected chi connectivity index (χ2v) is 30.5. The maximum Gasteiger partial charge on any atom is 0.0776 e. The van der Waals surface area contributed by atoms with Crippen LogP contribution in [0.2, 0.25) is 39.3 Å². The molecule has 0 fully saturated rings. The van der Waals surface area contributed by atoms with E-state index in [1.165, 1.54) is 11.4 Å². The summed E-state index contributed by atoms with van der Waals surface area (Å²) < 4.78 is 0. The first-order valence-electron chi connectivity index (χ1n) is 14.0. The highest BCUT2D eigenvalue weighted by atomic mass is 31.1. The van der Waals surface area contributed by atoms with Gasteiger partial charge in [-0.2, -0.15) is 0 Å². The van der Waals surface area contributed by atoms with E-state index in [1.54, 1.807) is 21.0 Å². The van der Waals surface area contributed by atoms with Gasteiger partial charge in [0.05, 0.1) is 16.1 Å². The minimum absolute atomic E-state index is 0.263. The molecule has 0 aliphatic rings. The van der Waals surface area contributed by atoms with Gasteiger partial charge in [-0.1, -0.05) is 145 Å². The molecule has 0 N–H and O–H groups in total. The van der Waals surface area contributed by atoms with Crippen LogP contribution in [0.4, 0.5) is 11.4 Å². The summed E-state index contributed by atoms with van der Waals surface area (Å²) in [5, 5.41) is 6.39. The Morgan fingerprint density at radius 2 is 0.806 bits per heavy atom. The second-order valence-electron chi connectivity index (χ2n) is 13.7. The maximum atomic E-state index is 2.62. The zero-order valence-electron chi connectivity index (χ0n) is 26.1. The average molecular weight is 560 g/mol.